The van der Waals surface area contributed by atoms with Crippen LogP contribution >= 0.6 is 35.4 Å². The summed E-state index contributed by atoms with van der Waals surface area (Å²) in [4.78, 5) is 9.39. The molecule has 0 amide bonds. The van der Waals surface area contributed by atoms with E-state index < -0.39 is 0 Å². The monoisotopic (exact) mass is 617 g/mol. The molecule has 42 heavy (non-hydrogen) atoms. The summed E-state index contributed by atoms with van der Waals surface area (Å²) in [6.07, 6.45) is 3.09. The Balaban J connectivity index is 1.45. The number of anilines is 2. The van der Waals surface area contributed by atoms with Crippen molar-refractivity contribution >= 4 is 51.9 Å². The van der Waals surface area contributed by atoms with Crippen molar-refractivity contribution in [2.24, 2.45) is 11.8 Å². The first-order valence-corrected chi connectivity index (χ1v) is 15.8. The number of pyridine rings is 1. The van der Waals surface area contributed by atoms with Crippen LogP contribution in [0.25, 0.3) is 5.69 Å². The number of benzene rings is 2. The lowest BCUT2D eigenvalue weighted by Gasteiger charge is -2.37. The molecule has 6 rings (SSSR count). The molecule has 2 aliphatic heterocycles. The van der Waals surface area contributed by atoms with Gasteiger partial charge in [0, 0.05) is 47.1 Å². The van der Waals surface area contributed by atoms with Crippen molar-refractivity contribution in [1.82, 2.24) is 14.9 Å². The van der Waals surface area contributed by atoms with Crippen LogP contribution < -0.4 is 15.1 Å². The lowest BCUT2D eigenvalue weighted by Crippen LogP contribution is -2.38. The van der Waals surface area contributed by atoms with Crippen LogP contribution in [-0.4, -0.2) is 27.8 Å². The largest absolute Gasteiger partial charge is 0.370 e. The molecule has 2 aromatic carbocycles. The number of halogens is 2. The van der Waals surface area contributed by atoms with E-state index in [9.17, 15) is 0 Å². The first-order valence-electron chi connectivity index (χ1n) is 14.6. The second-order valence-corrected chi connectivity index (χ2v) is 13.3. The van der Waals surface area contributed by atoms with E-state index in [0.717, 1.165) is 57.8 Å². The average Bonchev–Trinajstić information content (AvgIpc) is 3.44. The van der Waals surface area contributed by atoms with Crippen LogP contribution in [0.15, 0.2) is 66.9 Å². The molecule has 0 bridgehead atoms. The third kappa shape index (κ3) is 5.29. The molecule has 0 saturated carbocycles. The molecular formula is C34H37Cl2N5S. The Morgan fingerprint density at radius 1 is 0.905 bits per heavy atom. The molecule has 4 heterocycles. The van der Waals surface area contributed by atoms with Gasteiger partial charge in [-0.1, -0.05) is 49.2 Å². The van der Waals surface area contributed by atoms with E-state index in [1.807, 2.05) is 30.5 Å². The molecule has 4 unspecified atom stereocenters. The van der Waals surface area contributed by atoms with Gasteiger partial charge >= 0.3 is 0 Å². The fourth-order valence-corrected chi connectivity index (χ4v) is 7.80. The summed E-state index contributed by atoms with van der Waals surface area (Å²) in [5.74, 6) is 1.28. The van der Waals surface area contributed by atoms with Crippen molar-refractivity contribution < 1.29 is 0 Å². The molecule has 2 aliphatic rings. The molecular weight excluding hydrogens is 581 g/mol. The number of nitrogens with zero attached hydrogens (tertiary/aromatic N) is 4. The zero-order valence-corrected chi connectivity index (χ0v) is 27.1. The van der Waals surface area contributed by atoms with E-state index in [0.29, 0.717) is 22.0 Å². The molecule has 0 aliphatic carbocycles. The lowest BCUT2D eigenvalue weighted by atomic mass is 9.91. The fraction of sp³-hybridized carbons (Fsp3) is 0.353. The summed E-state index contributed by atoms with van der Waals surface area (Å²) < 4.78 is 2.29. The average molecular weight is 619 g/mol. The van der Waals surface area contributed by atoms with Gasteiger partial charge in [0.2, 0.25) is 0 Å². The Bertz CT molecular complexity index is 1620. The Labute approximate surface area is 264 Å². The smallest absolute Gasteiger partial charge is 0.174 e. The molecule has 8 heteroatoms. The minimum absolute atomic E-state index is 0.135. The molecule has 5 nitrogen and oxygen atoms in total. The van der Waals surface area contributed by atoms with E-state index in [-0.39, 0.29) is 12.1 Å². The third-order valence-electron chi connectivity index (χ3n) is 8.72. The number of thiocarbonyl (C=S) groups is 1. The topological polar surface area (TPSA) is 36.3 Å². The molecule has 0 radical (unpaired) electrons. The van der Waals surface area contributed by atoms with Crippen LogP contribution in [0.5, 0.6) is 0 Å². The number of piperidine rings is 1. The van der Waals surface area contributed by atoms with Gasteiger partial charge in [0.1, 0.15) is 0 Å². The highest BCUT2D eigenvalue weighted by atomic mass is 35.5. The molecule has 2 aromatic heterocycles. The van der Waals surface area contributed by atoms with Crippen molar-refractivity contribution in [3.05, 3.63) is 105 Å². The zero-order chi connectivity index (χ0) is 29.7. The Morgan fingerprint density at radius 3 is 2.36 bits per heavy atom. The second kappa shape index (κ2) is 11.6. The highest BCUT2D eigenvalue weighted by Crippen LogP contribution is 2.45. The van der Waals surface area contributed by atoms with Crippen LogP contribution in [0.4, 0.5) is 11.4 Å². The van der Waals surface area contributed by atoms with Gasteiger partial charge in [-0.05, 0) is 111 Å². The third-order valence-corrected chi connectivity index (χ3v) is 9.57. The number of hydrogen-bond acceptors (Lipinski definition) is 3. The minimum atomic E-state index is -0.143. The summed E-state index contributed by atoms with van der Waals surface area (Å²) in [6.45, 7) is 13.1. The summed E-state index contributed by atoms with van der Waals surface area (Å²) in [5, 5.41) is 5.72. The molecule has 4 aromatic rings. The fourth-order valence-electron chi connectivity index (χ4n) is 6.99. The van der Waals surface area contributed by atoms with Crippen molar-refractivity contribution in [2.75, 3.05) is 22.9 Å². The predicted molar refractivity (Wildman–Crippen MR) is 180 cm³/mol. The van der Waals surface area contributed by atoms with Crippen LogP contribution in [0.3, 0.4) is 0 Å². The van der Waals surface area contributed by atoms with Gasteiger partial charge in [-0.15, -0.1) is 0 Å². The highest BCUT2D eigenvalue weighted by Gasteiger charge is 2.42. The van der Waals surface area contributed by atoms with Crippen LogP contribution in [0.2, 0.25) is 10.0 Å². The number of hydrogen-bond donors (Lipinski definition) is 1. The quantitative estimate of drug-likeness (QED) is 0.226. The SMILES string of the molecule is Cc1ccc(Cl)cc1-n1c(C)cc(C2C(c3ccccn3)NC(=S)N2c2ccc(N3CC(C)CC(C)C3)c(Cl)c2)c1C. The number of aromatic nitrogens is 2. The number of nitrogens with one attached hydrogen (secondary N) is 1. The molecule has 2 fully saturated rings. The van der Waals surface area contributed by atoms with Crippen molar-refractivity contribution in [2.45, 2.75) is 53.1 Å². The van der Waals surface area contributed by atoms with Gasteiger partial charge in [0.15, 0.2) is 5.11 Å². The normalized spacial score (nSPS) is 22.5. The standard InChI is InChI=1S/C34H37Cl2N5S/c1-20-14-21(2)19-39(18-20)30-12-11-26(17-28(30)36)41-33(32(38-34(41)42)29-8-6-7-13-37-29)27-15-23(4)40(24(27)5)31-16-25(35)10-9-22(31)3/h6-13,15-17,20-21,32-33H,14,18-19H2,1-5H3,(H,38,42). The number of aryl methyl sites for hydroxylation is 2. The van der Waals surface area contributed by atoms with E-state index in [1.165, 1.54) is 12.0 Å². The van der Waals surface area contributed by atoms with Gasteiger partial charge in [0.05, 0.1) is 28.5 Å². The summed E-state index contributed by atoms with van der Waals surface area (Å²) >= 11 is 19.5. The summed E-state index contributed by atoms with van der Waals surface area (Å²) in [5.41, 5.74) is 8.68. The van der Waals surface area contributed by atoms with Gasteiger partial charge in [0.25, 0.3) is 0 Å². The van der Waals surface area contributed by atoms with E-state index >= 15 is 0 Å². The van der Waals surface area contributed by atoms with Crippen LogP contribution in [0.1, 0.15) is 60.6 Å². The van der Waals surface area contributed by atoms with Gasteiger partial charge in [-0.3, -0.25) is 4.98 Å². The second-order valence-electron chi connectivity index (χ2n) is 12.1. The molecule has 1 N–H and O–H groups in total. The highest BCUT2D eigenvalue weighted by molar-refractivity contribution is 7.80. The maximum atomic E-state index is 7.04. The zero-order valence-electron chi connectivity index (χ0n) is 24.7. The molecule has 218 valence electrons. The maximum absolute atomic E-state index is 7.04. The van der Waals surface area contributed by atoms with Gasteiger partial charge in [-0.2, -0.15) is 0 Å². The predicted octanol–water partition coefficient (Wildman–Crippen LogP) is 8.76. The maximum Gasteiger partial charge on any atom is 0.174 e. The first kappa shape index (κ1) is 29.0. The Kier molecular flexibility index (Phi) is 7.99. The molecule has 2 saturated heterocycles. The van der Waals surface area contributed by atoms with Crippen molar-refractivity contribution in [3.8, 4) is 5.69 Å². The Morgan fingerprint density at radius 2 is 1.67 bits per heavy atom. The first-order chi connectivity index (χ1) is 20.1. The summed E-state index contributed by atoms with van der Waals surface area (Å²) in [6, 6.07) is 20.5. The summed E-state index contributed by atoms with van der Waals surface area (Å²) in [7, 11) is 0. The van der Waals surface area contributed by atoms with Gasteiger partial charge in [-0.25, -0.2) is 0 Å². The minimum Gasteiger partial charge on any atom is -0.370 e. The molecule has 0 spiro atoms. The van der Waals surface area contributed by atoms with E-state index in [2.05, 4.69) is 90.7 Å². The number of rotatable bonds is 5. The van der Waals surface area contributed by atoms with Gasteiger partial charge < -0.3 is 19.7 Å². The van der Waals surface area contributed by atoms with E-state index in [4.69, 9.17) is 40.4 Å². The van der Waals surface area contributed by atoms with Crippen molar-refractivity contribution in [3.63, 3.8) is 0 Å². The molecule has 4 atom stereocenters. The van der Waals surface area contributed by atoms with E-state index in [1.54, 1.807) is 0 Å². The van der Waals surface area contributed by atoms with Crippen molar-refractivity contribution in [1.29, 1.82) is 0 Å². The Hall–Kier alpha value is -3.06. The van der Waals surface area contributed by atoms with Crippen LogP contribution in [-0.2, 0) is 0 Å². The lowest BCUT2D eigenvalue weighted by molar-refractivity contribution is 0.357. The van der Waals surface area contributed by atoms with Crippen LogP contribution in [0, 0.1) is 32.6 Å².